The lowest BCUT2D eigenvalue weighted by molar-refractivity contribution is 0.195. The average Bonchev–Trinajstić information content (AvgIpc) is 3.62. The molecule has 2 atom stereocenters. The summed E-state index contributed by atoms with van der Waals surface area (Å²) in [6.45, 7) is 31.8. The molecule has 1 saturated carbocycles. The first-order chi connectivity index (χ1) is 30.1. The predicted octanol–water partition coefficient (Wildman–Crippen LogP) is 15.0. The molecule has 3 heterocycles. The van der Waals surface area contributed by atoms with Gasteiger partial charge in [0.15, 0.2) is 0 Å². The van der Waals surface area contributed by atoms with E-state index in [9.17, 15) is 0 Å². The van der Waals surface area contributed by atoms with Crippen molar-refractivity contribution in [1.29, 1.82) is 0 Å². The van der Waals surface area contributed by atoms with Crippen LogP contribution < -0.4 is 20.7 Å². The molecule has 2 unspecified atom stereocenters. The van der Waals surface area contributed by atoms with Gasteiger partial charge in [-0.2, -0.15) is 0 Å². The Kier molecular flexibility index (Phi) is 8.68. The summed E-state index contributed by atoms with van der Waals surface area (Å²) in [5, 5.41) is 0. The number of anilines is 4. The van der Waals surface area contributed by atoms with Gasteiger partial charge in [-0.3, -0.25) is 0 Å². The Labute approximate surface area is 384 Å². The molecule has 3 heteroatoms. The zero-order chi connectivity index (χ0) is 45.1. The highest BCUT2D eigenvalue weighted by Crippen LogP contribution is 2.64. The highest BCUT2D eigenvalue weighted by Gasteiger charge is 2.63. The maximum absolute atomic E-state index is 2.92. The predicted molar refractivity (Wildman–Crippen MR) is 276 cm³/mol. The van der Waals surface area contributed by atoms with Crippen LogP contribution >= 0.6 is 0 Å². The van der Waals surface area contributed by atoms with Crippen LogP contribution in [0.25, 0.3) is 27.7 Å². The molecule has 2 aliphatic carbocycles. The quantitative estimate of drug-likeness (QED) is 0.164. The van der Waals surface area contributed by atoms with Gasteiger partial charge in [-0.1, -0.05) is 193 Å². The van der Waals surface area contributed by atoms with Crippen molar-refractivity contribution in [2.75, 3.05) is 9.80 Å². The van der Waals surface area contributed by atoms with Crippen molar-refractivity contribution in [3.05, 3.63) is 160 Å². The van der Waals surface area contributed by atoms with Crippen LogP contribution in [0.4, 0.5) is 22.7 Å². The van der Waals surface area contributed by atoms with E-state index < -0.39 is 0 Å². The molecule has 0 N–H and O–H groups in total. The Hall–Kier alpha value is -5.28. The van der Waals surface area contributed by atoms with Crippen LogP contribution in [0.1, 0.15) is 149 Å². The molecule has 6 aromatic rings. The summed E-state index contributed by atoms with van der Waals surface area (Å²) in [6.07, 6.45) is 4.90. The van der Waals surface area contributed by atoms with Crippen LogP contribution in [-0.2, 0) is 27.1 Å². The summed E-state index contributed by atoms with van der Waals surface area (Å²) in [6, 6.07) is 47.8. The third-order valence-electron chi connectivity index (χ3n) is 16.8. The fourth-order valence-corrected chi connectivity index (χ4v) is 12.9. The molecule has 64 heavy (non-hydrogen) atoms. The minimum absolute atomic E-state index is 0.00753. The third-order valence-corrected chi connectivity index (χ3v) is 16.8. The summed E-state index contributed by atoms with van der Waals surface area (Å²) in [5.74, 6) is 0. The molecule has 0 bridgehead atoms. The molecule has 1 fully saturated rings. The molecule has 0 amide bonds. The lowest BCUT2D eigenvalue weighted by Gasteiger charge is -2.53. The molecular weight excluding hydrogens is 771 g/mol. The van der Waals surface area contributed by atoms with Gasteiger partial charge in [0.05, 0.1) is 11.2 Å². The second-order valence-electron chi connectivity index (χ2n) is 24.2. The molecule has 6 aromatic carbocycles. The Morgan fingerprint density at radius 3 is 1.73 bits per heavy atom. The van der Waals surface area contributed by atoms with Gasteiger partial charge in [-0.25, -0.2) is 0 Å². The zero-order valence-electron chi connectivity index (χ0n) is 40.8. The molecule has 2 nitrogen and oxygen atoms in total. The molecule has 5 aliphatic rings. The molecule has 324 valence electrons. The van der Waals surface area contributed by atoms with Crippen molar-refractivity contribution in [2.45, 2.75) is 148 Å². The summed E-state index contributed by atoms with van der Waals surface area (Å²) in [4.78, 5) is 5.69. The minimum Gasteiger partial charge on any atom is -0.335 e. The summed E-state index contributed by atoms with van der Waals surface area (Å²) in [5.41, 5.74) is 24.6. The number of benzene rings is 6. The molecule has 0 radical (unpaired) electrons. The maximum Gasteiger partial charge on any atom is 0.252 e. The molecular formula is C61H67BN2. The van der Waals surface area contributed by atoms with Crippen LogP contribution in [0, 0.1) is 0 Å². The lowest BCUT2D eigenvalue weighted by Crippen LogP contribution is -2.61. The number of allylic oxidation sites excluding steroid dienone is 1. The Bertz CT molecular complexity index is 2950. The van der Waals surface area contributed by atoms with Gasteiger partial charge >= 0.3 is 0 Å². The van der Waals surface area contributed by atoms with Crippen molar-refractivity contribution in [1.82, 2.24) is 0 Å². The standard InChI is InChI=1S/C61H67BN2/c1-56(2,3)41-27-29-49(45(34-41)39-24-18-15-19-25-39)63-50-32-40(38-22-16-14-17-23-38)33-51-53(50)62(52-44-28-26-42(57(4,5)6)35-46(44)59(10,11)55(52)63)48-37-43(58(7,8)9)36-47-54(48)64(51)61(13)31-21-20-30-60(47,61)12/h14-19,22-29,32-37H,20-21,30-31H2,1-13H3. The Morgan fingerprint density at radius 2 is 1.08 bits per heavy atom. The van der Waals surface area contributed by atoms with E-state index in [4.69, 9.17) is 0 Å². The molecule has 11 rings (SSSR count). The number of hydrogen-bond acceptors (Lipinski definition) is 2. The largest absolute Gasteiger partial charge is 0.335 e. The highest BCUT2D eigenvalue weighted by atomic mass is 15.3. The second kappa shape index (κ2) is 13.4. The van der Waals surface area contributed by atoms with E-state index >= 15 is 0 Å². The van der Waals surface area contributed by atoms with Crippen molar-refractivity contribution < 1.29 is 0 Å². The van der Waals surface area contributed by atoms with Crippen molar-refractivity contribution >= 4 is 45.9 Å². The SMILES string of the molecule is CC(C)(C)c1ccc(N2C3=C(B4c5cc(C(C)(C)C)cc6c5N(c5cc(-c7ccccc7)cc2c54)C2(C)CCCCC62C)c2ccc(C(C)(C)C)cc2C3(C)C)c(-c2ccccc2)c1. The van der Waals surface area contributed by atoms with Crippen LogP contribution in [0.5, 0.6) is 0 Å². The highest BCUT2D eigenvalue weighted by molar-refractivity contribution is 7.03. The van der Waals surface area contributed by atoms with E-state index in [1.807, 2.05) is 0 Å². The summed E-state index contributed by atoms with van der Waals surface area (Å²) >= 11 is 0. The fraction of sp³-hybridized carbons (Fsp3) is 0.377. The monoisotopic (exact) mass is 839 g/mol. The van der Waals surface area contributed by atoms with Gasteiger partial charge in [-0.05, 0) is 127 Å². The van der Waals surface area contributed by atoms with Gasteiger partial charge in [0.1, 0.15) is 0 Å². The van der Waals surface area contributed by atoms with Crippen LogP contribution in [0.2, 0.25) is 0 Å². The van der Waals surface area contributed by atoms with E-state index in [0.29, 0.717) is 0 Å². The normalized spacial score (nSPS) is 21.7. The van der Waals surface area contributed by atoms with E-state index in [0.717, 1.165) is 0 Å². The van der Waals surface area contributed by atoms with E-state index in [1.165, 1.54) is 121 Å². The average molecular weight is 839 g/mol. The van der Waals surface area contributed by atoms with Gasteiger partial charge in [0.2, 0.25) is 0 Å². The van der Waals surface area contributed by atoms with Gasteiger partial charge < -0.3 is 9.80 Å². The number of rotatable bonds is 3. The topological polar surface area (TPSA) is 6.48 Å². The minimum atomic E-state index is -0.308. The lowest BCUT2D eigenvalue weighted by atomic mass is 9.32. The van der Waals surface area contributed by atoms with E-state index in [-0.39, 0.29) is 39.3 Å². The number of fused-ring (bicyclic) bond motifs is 8. The fourth-order valence-electron chi connectivity index (χ4n) is 12.9. The van der Waals surface area contributed by atoms with Crippen molar-refractivity contribution in [2.24, 2.45) is 0 Å². The van der Waals surface area contributed by atoms with E-state index in [1.54, 1.807) is 5.56 Å². The number of hydrogen-bond donors (Lipinski definition) is 0. The molecule has 0 spiro atoms. The van der Waals surface area contributed by atoms with Crippen LogP contribution in [0.3, 0.4) is 0 Å². The zero-order valence-corrected chi connectivity index (χ0v) is 40.8. The summed E-state index contributed by atoms with van der Waals surface area (Å²) < 4.78 is 0. The van der Waals surface area contributed by atoms with Gasteiger partial charge in [0, 0.05) is 39.2 Å². The van der Waals surface area contributed by atoms with E-state index in [2.05, 4.69) is 221 Å². The first-order valence-electron chi connectivity index (χ1n) is 24.3. The van der Waals surface area contributed by atoms with Gasteiger partial charge in [-0.15, -0.1) is 0 Å². The second-order valence-corrected chi connectivity index (χ2v) is 24.2. The van der Waals surface area contributed by atoms with Crippen molar-refractivity contribution in [3.63, 3.8) is 0 Å². The summed E-state index contributed by atoms with van der Waals surface area (Å²) in [7, 11) is 0. The molecule has 0 saturated heterocycles. The first kappa shape index (κ1) is 41.4. The van der Waals surface area contributed by atoms with Gasteiger partial charge in [0.25, 0.3) is 6.71 Å². The first-order valence-corrected chi connectivity index (χ1v) is 24.3. The number of nitrogens with zero attached hydrogens (tertiary/aromatic N) is 2. The Morgan fingerprint density at radius 1 is 0.500 bits per heavy atom. The third kappa shape index (κ3) is 5.64. The smallest absolute Gasteiger partial charge is 0.252 e. The van der Waals surface area contributed by atoms with Crippen LogP contribution in [-0.4, -0.2) is 12.3 Å². The van der Waals surface area contributed by atoms with Crippen LogP contribution in [0.15, 0.2) is 127 Å². The molecule has 0 aromatic heterocycles. The maximum atomic E-state index is 2.92. The van der Waals surface area contributed by atoms with Crippen molar-refractivity contribution in [3.8, 4) is 22.3 Å². The Balaban J connectivity index is 1.33. The molecule has 3 aliphatic heterocycles.